The lowest BCUT2D eigenvalue weighted by molar-refractivity contribution is 0.181. The average Bonchev–Trinajstić information content (AvgIpc) is 2.85. The smallest absolute Gasteiger partial charge is 0.0559 e. The van der Waals surface area contributed by atoms with Crippen LogP contribution in [-0.2, 0) is 4.74 Å². The first kappa shape index (κ1) is 11.1. The van der Waals surface area contributed by atoms with Crippen LogP contribution < -0.4 is 11.3 Å². The Morgan fingerprint density at radius 2 is 2.60 bits per heavy atom. The lowest BCUT2D eigenvalue weighted by Crippen LogP contribution is -2.29. The van der Waals surface area contributed by atoms with Crippen molar-refractivity contribution in [2.45, 2.75) is 25.8 Å². The molecule has 3 nitrogen and oxygen atoms in total. The number of hydrazine groups is 1. The summed E-state index contributed by atoms with van der Waals surface area (Å²) < 4.78 is 5.38. The van der Waals surface area contributed by atoms with E-state index in [1.54, 1.807) is 11.3 Å². The molecule has 84 valence electrons. The van der Waals surface area contributed by atoms with E-state index in [1.807, 2.05) is 0 Å². The molecule has 1 saturated heterocycles. The van der Waals surface area contributed by atoms with E-state index in [-0.39, 0.29) is 6.04 Å². The second kappa shape index (κ2) is 5.07. The van der Waals surface area contributed by atoms with Crippen molar-refractivity contribution in [3.05, 3.63) is 21.9 Å². The fourth-order valence-corrected chi connectivity index (χ4v) is 3.10. The first-order valence-corrected chi connectivity index (χ1v) is 6.27. The van der Waals surface area contributed by atoms with Crippen molar-refractivity contribution >= 4 is 11.3 Å². The van der Waals surface area contributed by atoms with Crippen LogP contribution in [0.15, 0.2) is 11.4 Å². The summed E-state index contributed by atoms with van der Waals surface area (Å²) in [4.78, 5) is 1.37. The van der Waals surface area contributed by atoms with Gasteiger partial charge in [0.25, 0.3) is 0 Å². The molecule has 2 rings (SSSR count). The molecule has 15 heavy (non-hydrogen) atoms. The zero-order valence-electron chi connectivity index (χ0n) is 9.03. The highest BCUT2D eigenvalue weighted by molar-refractivity contribution is 7.10. The molecular weight excluding hydrogens is 208 g/mol. The third-order valence-electron chi connectivity index (χ3n) is 3.01. The molecule has 4 heteroatoms. The maximum atomic E-state index is 5.63. The van der Waals surface area contributed by atoms with Crippen molar-refractivity contribution in [1.29, 1.82) is 0 Å². The minimum absolute atomic E-state index is 0.289. The molecule has 2 unspecified atom stereocenters. The van der Waals surface area contributed by atoms with Crippen molar-refractivity contribution in [2.24, 2.45) is 11.8 Å². The fraction of sp³-hybridized carbons (Fsp3) is 0.636. The van der Waals surface area contributed by atoms with Crippen LogP contribution >= 0.6 is 11.3 Å². The molecule has 2 atom stereocenters. The Kier molecular flexibility index (Phi) is 3.75. The maximum absolute atomic E-state index is 5.63. The molecule has 0 aromatic carbocycles. The Hall–Kier alpha value is -0.420. The Morgan fingerprint density at radius 3 is 3.13 bits per heavy atom. The number of hydrogen-bond acceptors (Lipinski definition) is 4. The van der Waals surface area contributed by atoms with Gasteiger partial charge in [-0.3, -0.25) is 11.3 Å². The fourth-order valence-electron chi connectivity index (χ4n) is 2.09. The van der Waals surface area contributed by atoms with Gasteiger partial charge in [0.1, 0.15) is 0 Å². The van der Waals surface area contributed by atoms with Gasteiger partial charge in [-0.25, -0.2) is 0 Å². The van der Waals surface area contributed by atoms with E-state index in [2.05, 4.69) is 23.8 Å². The van der Waals surface area contributed by atoms with Crippen molar-refractivity contribution in [3.8, 4) is 0 Å². The molecule has 3 N–H and O–H groups in total. The van der Waals surface area contributed by atoms with Gasteiger partial charge in [-0.15, -0.1) is 11.3 Å². The van der Waals surface area contributed by atoms with Crippen LogP contribution in [-0.4, -0.2) is 13.2 Å². The molecule has 1 aliphatic rings. The molecule has 2 heterocycles. The summed E-state index contributed by atoms with van der Waals surface area (Å²) >= 11 is 1.78. The molecule has 0 radical (unpaired) electrons. The lowest BCUT2D eigenvalue weighted by atomic mass is 9.97. The predicted molar refractivity (Wildman–Crippen MR) is 62.7 cm³/mol. The Bertz CT molecular complexity index is 307. The number of nitrogens with one attached hydrogen (secondary N) is 1. The molecule has 0 amide bonds. The van der Waals surface area contributed by atoms with Crippen LogP contribution in [0.2, 0.25) is 0 Å². The van der Waals surface area contributed by atoms with E-state index < -0.39 is 0 Å². The monoisotopic (exact) mass is 226 g/mol. The summed E-state index contributed by atoms with van der Waals surface area (Å²) in [5, 5.41) is 2.13. The SMILES string of the molecule is Cc1ccsc1C(CC1CCOC1)NN. The van der Waals surface area contributed by atoms with Crippen LogP contribution in [0.3, 0.4) is 0 Å². The maximum Gasteiger partial charge on any atom is 0.0559 e. The van der Waals surface area contributed by atoms with Gasteiger partial charge in [0.15, 0.2) is 0 Å². The van der Waals surface area contributed by atoms with Gasteiger partial charge in [-0.2, -0.15) is 0 Å². The Balaban J connectivity index is 2.00. The molecule has 1 fully saturated rings. The summed E-state index contributed by atoms with van der Waals surface area (Å²) in [6.07, 6.45) is 2.25. The first-order chi connectivity index (χ1) is 7.31. The third kappa shape index (κ3) is 2.58. The zero-order valence-corrected chi connectivity index (χ0v) is 9.85. The zero-order chi connectivity index (χ0) is 10.7. The molecular formula is C11H18N2OS. The van der Waals surface area contributed by atoms with Crippen molar-refractivity contribution in [3.63, 3.8) is 0 Å². The summed E-state index contributed by atoms with van der Waals surface area (Å²) in [6, 6.07) is 2.44. The molecule has 0 bridgehead atoms. The minimum atomic E-state index is 0.289. The number of rotatable bonds is 4. The number of nitrogens with two attached hydrogens (primary N) is 1. The van der Waals surface area contributed by atoms with E-state index in [0.717, 1.165) is 19.6 Å². The molecule has 1 aliphatic heterocycles. The van der Waals surface area contributed by atoms with Gasteiger partial charge in [-0.05, 0) is 42.7 Å². The Labute approximate surface area is 94.6 Å². The van der Waals surface area contributed by atoms with Crippen LogP contribution in [0, 0.1) is 12.8 Å². The number of thiophene rings is 1. The van der Waals surface area contributed by atoms with E-state index in [9.17, 15) is 0 Å². The topological polar surface area (TPSA) is 47.3 Å². The van der Waals surface area contributed by atoms with Crippen molar-refractivity contribution in [2.75, 3.05) is 13.2 Å². The second-order valence-corrected chi connectivity index (χ2v) is 5.10. The lowest BCUT2D eigenvalue weighted by Gasteiger charge is -2.18. The van der Waals surface area contributed by atoms with E-state index in [1.165, 1.54) is 16.9 Å². The summed E-state index contributed by atoms with van der Waals surface area (Å²) in [5.41, 5.74) is 4.26. The summed E-state index contributed by atoms with van der Waals surface area (Å²) in [5.74, 6) is 6.29. The highest BCUT2D eigenvalue weighted by Crippen LogP contribution is 2.30. The molecule has 0 saturated carbocycles. The standard InChI is InChI=1S/C11H18N2OS/c1-8-3-5-15-11(8)10(13-12)6-9-2-4-14-7-9/h3,5,9-10,13H,2,4,6-7,12H2,1H3. The molecule has 0 aliphatic carbocycles. The van der Waals surface area contributed by atoms with E-state index >= 15 is 0 Å². The highest BCUT2D eigenvalue weighted by atomic mass is 32.1. The number of hydrogen-bond donors (Lipinski definition) is 2. The van der Waals surface area contributed by atoms with Crippen molar-refractivity contribution in [1.82, 2.24) is 5.43 Å². The third-order valence-corrected chi connectivity index (χ3v) is 4.15. The number of ether oxygens (including phenoxy) is 1. The van der Waals surface area contributed by atoms with Gasteiger partial charge < -0.3 is 4.74 Å². The van der Waals surface area contributed by atoms with Crippen LogP contribution in [0.1, 0.15) is 29.3 Å². The normalized spacial score (nSPS) is 23.2. The quantitative estimate of drug-likeness (QED) is 0.609. The minimum Gasteiger partial charge on any atom is -0.381 e. The number of aryl methyl sites for hydroxylation is 1. The second-order valence-electron chi connectivity index (χ2n) is 4.15. The van der Waals surface area contributed by atoms with Gasteiger partial charge in [0.2, 0.25) is 0 Å². The van der Waals surface area contributed by atoms with Gasteiger partial charge in [0.05, 0.1) is 6.04 Å². The summed E-state index contributed by atoms with van der Waals surface area (Å²) in [7, 11) is 0. The molecule has 1 aromatic heterocycles. The average molecular weight is 226 g/mol. The van der Waals surface area contributed by atoms with Gasteiger partial charge >= 0.3 is 0 Å². The molecule has 0 spiro atoms. The largest absolute Gasteiger partial charge is 0.381 e. The highest BCUT2D eigenvalue weighted by Gasteiger charge is 2.22. The molecule has 1 aromatic rings. The van der Waals surface area contributed by atoms with Crippen molar-refractivity contribution < 1.29 is 4.74 Å². The summed E-state index contributed by atoms with van der Waals surface area (Å²) in [6.45, 7) is 3.94. The van der Waals surface area contributed by atoms with Gasteiger partial charge in [-0.1, -0.05) is 0 Å². The predicted octanol–water partition coefficient (Wildman–Crippen LogP) is 1.99. The van der Waals surface area contributed by atoms with Crippen LogP contribution in [0.5, 0.6) is 0 Å². The Morgan fingerprint density at radius 1 is 1.73 bits per heavy atom. The first-order valence-electron chi connectivity index (χ1n) is 5.39. The van der Waals surface area contributed by atoms with E-state index in [0.29, 0.717) is 5.92 Å². The van der Waals surface area contributed by atoms with Crippen LogP contribution in [0.25, 0.3) is 0 Å². The van der Waals surface area contributed by atoms with E-state index in [4.69, 9.17) is 10.6 Å². The van der Waals surface area contributed by atoms with Gasteiger partial charge in [0, 0.05) is 18.1 Å². The van der Waals surface area contributed by atoms with Crippen LogP contribution in [0.4, 0.5) is 0 Å².